The highest BCUT2D eigenvalue weighted by atomic mass is 16.5. The molecule has 4 N–H and O–H groups in total. The van der Waals surface area contributed by atoms with Gasteiger partial charge in [-0.05, 0) is 182 Å². The number of nitrogens with one attached hydrogen (secondary N) is 2. The standard InChI is InChI=1S/C55H90N2O8/c1-55(2,39-15-23-43(24-16-39)64-45-27-19-41(20-28-45)56-51(58)47-31-13-37(33-49(47)53(60)61)35-9-5-3-6-10-35)40-17-25-44(26-18-40)65-46-29-21-42(22-30-46)57-52(59)48-32-14-38(34-50(48)54(62)63)36-11-7-4-8-12-36/h35-50H,3-34H2,1-2H3,(H,56,58)(H,57,59)(H,60,61)(H,62,63). The van der Waals surface area contributed by atoms with Crippen molar-refractivity contribution in [2.75, 3.05) is 0 Å². The summed E-state index contributed by atoms with van der Waals surface area (Å²) in [6.07, 6.45) is 35.5. The molecule has 0 radical (unpaired) electrons. The first-order valence-electron chi connectivity index (χ1n) is 27.8. The van der Waals surface area contributed by atoms with Crippen LogP contribution in [0.25, 0.3) is 0 Å². The molecule has 65 heavy (non-hydrogen) atoms. The summed E-state index contributed by atoms with van der Waals surface area (Å²) in [5.74, 6) is 0.144. The number of rotatable bonds is 14. The molecule has 6 unspecified atom stereocenters. The van der Waals surface area contributed by atoms with E-state index in [9.17, 15) is 29.4 Å². The summed E-state index contributed by atoms with van der Waals surface area (Å²) in [6, 6.07) is 0.252. The van der Waals surface area contributed by atoms with Crippen molar-refractivity contribution in [3.63, 3.8) is 0 Å². The van der Waals surface area contributed by atoms with E-state index in [0.717, 1.165) is 89.9 Å². The number of ether oxygens (including phenoxy) is 2. The zero-order chi connectivity index (χ0) is 45.5. The fraction of sp³-hybridized carbons (Fsp3) is 0.927. The summed E-state index contributed by atoms with van der Waals surface area (Å²) < 4.78 is 13.5. The van der Waals surface area contributed by atoms with Gasteiger partial charge < -0.3 is 30.3 Å². The first-order chi connectivity index (χ1) is 31.4. The second-order valence-corrected chi connectivity index (χ2v) is 24.1. The van der Waals surface area contributed by atoms with E-state index in [1.54, 1.807) is 0 Å². The molecule has 8 rings (SSSR count). The van der Waals surface area contributed by atoms with Gasteiger partial charge in [-0.25, -0.2) is 0 Å². The Bertz CT molecular complexity index is 1430. The van der Waals surface area contributed by atoms with Gasteiger partial charge in [-0.1, -0.05) is 78.1 Å². The van der Waals surface area contributed by atoms with Gasteiger partial charge in [0.2, 0.25) is 11.8 Å². The average molecular weight is 907 g/mol. The maximum atomic E-state index is 13.5. The second kappa shape index (κ2) is 22.9. The quantitative estimate of drug-likeness (QED) is 0.134. The van der Waals surface area contributed by atoms with Crippen molar-refractivity contribution in [3.05, 3.63) is 0 Å². The fourth-order valence-corrected chi connectivity index (χ4v) is 15.7. The zero-order valence-corrected chi connectivity index (χ0v) is 40.7. The molecule has 6 atom stereocenters. The van der Waals surface area contributed by atoms with Crippen molar-refractivity contribution in [1.29, 1.82) is 0 Å². The summed E-state index contributed by atoms with van der Waals surface area (Å²) in [5, 5.41) is 26.9. The van der Waals surface area contributed by atoms with Gasteiger partial charge in [0.05, 0.1) is 48.1 Å². The smallest absolute Gasteiger partial charge is 0.307 e. The molecule has 8 aliphatic rings. The second-order valence-electron chi connectivity index (χ2n) is 24.1. The van der Waals surface area contributed by atoms with Crippen LogP contribution >= 0.6 is 0 Å². The Balaban J connectivity index is 0.688. The lowest BCUT2D eigenvalue weighted by atomic mass is 9.60. The number of amides is 2. The molecule has 0 heterocycles. The van der Waals surface area contributed by atoms with E-state index in [0.29, 0.717) is 78.8 Å². The van der Waals surface area contributed by atoms with Crippen LogP contribution in [0.4, 0.5) is 0 Å². The molecular weight excluding hydrogens is 817 g/mol. The van der Waals surface area contributed by atoms with Crippen LogP contribution in [0, 0.1) is 64.6 Å². The van der Waals surface area contributed by atoms with Crippen LogP contribution in [-0.4, -0.2) is 70.5 Å². The monoisotopic (exact) mass is 907 g/mol. The Hall–Kier alpha value is -2.20. The van der Waals surface area contributed by atoms with E-state index in [2.05, 4.69) is 24.5 Å². The largest absolute Gasteiger partial charge is 0.481 e. The molecule has 10 heteroatoms. The fourth-order valence-electron chi connectivity index (χ4n) is 15.7. The predicted molar refractivity (Wildman–Crippen MR) is 253 cm³/mol. The van der Waals surface area contributed by atoms with Crippen molar-refractivity contribution in [1.82, 2.24) is 10.6 Å². The molecule has 368 valence electrons. The zero-order valence-electron chi connectivity index (χ0n) is 40.7. The Morgan fingerprint density at radius 2 is 0.708 bits per heavy atom. The van der Waals surface area contributed by atoms with E-state index < -0.39 is 35.6 Å². The maximum Gasteiger partial charge on any atom is 0.307 e. The Morgan fingerprint density at radius 1 is 0.385 bits per heavy atom. The lowest BCUT2D eigenvalue weighted by Gasteiger charge is -2.47. The molecule has 0 aliphatic heterocycles. The van der Waals surface area contributed by atoms with Crippen LogP contribution in [0.2, 0.25) is 0 Å². The summed E-state index contributed by atoms with van der Waals surface area (Å²) >= 11 is 0. The molecule has 8 saturated carbocycles. The van der Waals surface area contributed by atoms with Crippen molar-refractivity contribution < 1.29 is 38.9 Å². The minimum atomic E-state index is -0.787. The van der Waals surface area contributed by atoms with Gasteiger partial charge in [0, 0.05) is 12.1 Å². The number of carbonyl (C=O) groups excluding carboxylic acids is 2. The van der Waals surface area contributed by atoms with Crippen LogP contribution in [0.1, 0.15) is 219 Å². The molecule has 0 spiro atoms. The van der Waals surface area contributed by atoms with Crippen LogP contribution in [-0.2, 0) is 28.7 Å². The van der Waals surface area contributed by atoms with E-state index in [1.165, 1.54) is 89.9 Å². The Labute approximate surface area is 392 Å². The number of aliphatic carboxylic acids is 2. The molecular formula is C55H90N2O8. The number of carboxylic acid groups (broad SMARTS) is 2. The van der Waals surface area contributed by atoms with E-state index in [4.69, 9.17) is 9.47 Å². The first-order valence-corrected chi connectivity index (χ1v) is 27.8. The van der Waals surface area contributed by atoms with Crippen molar-refractivity contribution >= 4 is 23.8 Å². The third-order valence-electron chi connectivity index (χ3n) is 20.0. The molecule has 0 bridgehead atoms. The first kappa shape index (κ1) is 49.2. The predicted octanol–water partition coefficient (Wildman–Crippen LogP) is 11.4. The lowest BCUT2D eigenvalue weighted by molar-refractivity contribution is -0.151. The highest BCUT2D eigenvalue weighted by Crippen LogP contribution is 2.50. The molecule has 8 fully saturated rings. The lowest BCUT2D eigenvalue weighted by Crippen LogP contribution is -2.47. The van der Waals surface area contributed by atoms with Gasteiger partial charge in [-0.2, -0.15) is 0 Å². The maximum absolute atomic E-state index is 13.5. The van der Waals surface area contributed by atoms with Gasteiger partial charge in [-0.3, -0.25) is 19.2 Å². The minimum absolute atomic E-state index is 0.0248. The van der Waals surface area contributed by atoms with Gasteiger partial charge in [-0.15, -0.1) is 0 Å². The summed E-state index contributed by atoms with van der Waals surface area (Å²) in [4.78, 5) is 51.6. The average Bonchev–Trinajstić information content (AvgIpc) is 3.33. The molecule has 2 amide bonds. The number of hydrogen-bond acceptors (Lipinski definition) is 6. The van der Waals surface area contributed by atoms with Crippen LogP contribution in [0.3, 0.4) is 0 Å². The van der Waals surface area contributed by atoms with Crippen molar-refractivity contribution in [2.45, 2.75) is 256 Å². The molecule has 0 saturated heterocycles. The Kier molecular flexibility index (Phi) is 17.4. The number of hydrogen-bond donors (Lipinski definition) is 4. The summed E-state index contributed by atoms with van der Waals surface area (Å²) in [7, 11) is 0. The normalized spacial score (nSPS) is 39.5. The molecule has 0 aromatic carbocycles. The summed E-state index contributed by atoms with van der Waals surface area (Å²) in [5.41, 5.74) is 0.298. The van der Waals surface area contributed by atoms with E-state index >= 15 is 0 Å². The highest BCUT2D eigenvalue weighted by molar-refractivity contribution is 5.85. The molecule has 10 nitrogen and oxygen atoms in total. The highest BCUT2D eigenvalue weighted by Gasteiger charge is 2.45. The van der Waals surface area contributed by atoms with E-state index in [1.807, 2.05) is 0 Å². The third kappa shape index (κ3) is 12.7. The third-order valence-corrected chi connectivity index (χ3v) is 20.0. The molecule has 0 aromatic rings. The van der Waals surface area contributed by atoms with Gasteiger partial charge in [0.15, 0.2) is 0 Å². The van der Waals surface area contributed by atoms with Gasteiger partial charge >= 0.3 is 11.9 Å². The molecule has 0 aromatic heterocycles. The van der Waals surface area contributed by atoms with Gasteiger partial charge in [0.25, 0.3) is 0 Å². The van der Waals surface area contributed by atoms with Crippen LogP contribution < -0.4 is 10.6 Å². The Morgan fingerprint density at radius 3 is 1.03 bits per heavy atom. The summed E-state index contributed by atoms with van der Waals surface area (Å²) in [6.45, 7) is 5.05. The number of carboxylic acids is 2. The SMILES string of the molecule is CC(C)(C1CCC(OC2CCC(NC(=O)C3CCC(C4CCCCC4)CC3C(=O)O)CC2)CC1)C1CCC(OC2CCC(NC(=O)C3CCC(C4CCCCC4)CC3C(=O)O)CC2)CC1. The molecule has 8 aliphatic carbocycles. The van der Waals surface area contributed by atoms with Crippen molar-refractivity contribution in [2.24, 2.45) is 64.6 Å². The van der Waals surface area contributed by atoms with Gasteiger partial charge in [0.1, 0.15) is 0 Å². The van der Waals surface area contributed by atoms with E-state index in [-0.39, 0.29) is 36.1 Å². The van der Waals surface area contributed by atoms with Crippen LogP contribution in [0.15, 0.2) is 0 Å². The van der Waals surface area contributed by atoms with Crippen molar-refractivity contribution in [3.8, 4) is 0 Å². The van der Waals surface area contributed by atoms with Crippen LogP contribution in [0.5, 0.6) is 0 Å². The minimum Gasteiger partial charge on any atom is -0.481 e. The number of carbonyl (C=O) groups is 4. The topological polar surface area (TPSA) is 151 Å².